The number of halogens is 2. The van der Waals surface area contributed by atoms with Crippen molar-refractivity contribution >= 4 is 27.5 Å². The summed E-state index contributed by atoms with van der Waals surface area (Å²) in [6.45, 7) is 2.06. The van der Waals surface area contributed by atoms with Crippen LogP contribution in [0.4, 0.5) is 14.5 Å². The summed E-state index contributed by atoms with van der Waals surface area (Å²) in [5.74, 6) is -2.72. The summed E-state index contributed by atoms with van der Waals surface area (Å²) >= 11 is 0. The molecule has 0 bridgehead atoms. The van der Waals surface area contributed by atoms with Gasteiger partial charge in [-0.25, -0.2) is 17.2 Å². The third-order valence-corrected chi connectivity index (χ3v) is 5.01. The van der Waals surface area contributed by atoms with Crippen LogP contribution in [0.5, 0.6) is 0 Å². The fraction of sp³-hybridized carbons (Fsp3) is 0.250. The van der Waals surface area contributed by atoms with Gasteiger partial charge in [0.15, 0.2) is 17.5 Å². The number of fused-ring (bicyclic) bond motifs is 1. The Hall–Kier alpha value is -2.55. The van der Waals surface area contributed by atoms with Gasteiger partial charge in [0.1, 0.15) is 0 Å². The van der Waals surface area contributed by atoms with E-state index in [2.05, 4.69) is 4.40 Å². The molecule has 3 rings (SSSR count). The number of hydrogen-bond acceptors (Lipinski definition) is 4. The molecule has 1 aromatic carbocycles. The molecule has 0 saturated heterocycles. The van der Waals surface area contributed by atoms with Crippen LogP contribution in [0.1, 0.15) is 6.92 Å². The summed E-state index contributed by atoms with van der Waals surface area (Å²) < 4.78 is 53.9. The number of carbonyl (C=O) groups excluding carboxylic acids is 1. The molecule has 0 spiro atoms. The lowest BCUT2D eigenvalue weighted by molar-refractivity contribution is -0.114. The fourth-order valence-corrected chi connectivity index (χ4v) is 3.61. The van der Waals surface area contributed by atoms with E-state index in [1.807, 2.05) is 0 Å². The second-order valence-corrected chi connectivity index (χ2v) is 7.22. The minimum atomic E-state index is -3.64. The smallest absolute Gasteiger partial charge is 0.262 e. The van der Waals surface area contributed by atoms with Crippen LogP contribution < -0.4 is 4.90 Å². The zero-order valence-electron chi connectivity index (χ0n) is 13.3. The molecule has 0 aliphatic carbocycles. The predicted molar refractivity (Wildman–Crippen MR) is 89.5 cm³/mol. The van der Waals surface area contributed by atoms with Gasteiger partial charge >= 0.3 is 0 Å². The van der Waals surface area contributed by atoms with E-state index in [9.17, 15) is 22.0 Å². The van der Waals surface area contributed by atoms with Crippen molar-refractivity contribution in [1.29, 1.82) is 0 Å². The van der Waals surface area contributed by atoms with Gasteiger partial charge in [0.25, 0.3) is 15.9 Å². The molecule has 0 aromatic heterocycles. The quantitative estimate of drug-likeness (QED) is 0.817. The number of benzene rings is 1. The van der Waals surface area contributed by atoms with Crippen LogP contribution in [0, 0.1) is 11.6 Å². The van der Waals surface area contributed by atoms with Gasteiger partial charge in [-0.15, -0.1) is 4.40 Å². The van der Waals surface area contributed by atoms with E-state index in [0.29, 0.717) is 0 Å². The summed E-state index contributed by atoms with van der Waals surface area (Å²) in [6.07, 6.45) is 4.71. The van der Waals surface area contributed by atoms with Gasteiger partial charge in [0, 0.05) is 31.0 Å². The highest BCUT2D eigenvalue weighted by atomic mass is 32.2. The van der Waals surface area contributed by atoms with Gasteiger partial charge in [-0.05, 0) is 31.2 Å². The number of hydrogen-bond donors (Lipinski definition) is 0. The highest BCUT2D eigenvalue weighted by molar-refractivity contribution is 7.90. The minimum absolute atomic E-state index is 0.0415. The molecule has 0 atom stereocenters. The number of amides is 1. The minimum Gasteiger partial charge on any atom is -0.331 e. The first-order valence-corrected chi connectivity index (χ1v) is 9.18. The maximum absolute atomic E-state index is 13.5. The first kappa shape index (κ1) is 17.3. The molecule has 1 aromatic rings. The second kappa shape index (κ2) is 6.40. The maximum Gasteiger partial charge on any atom is 0.262 e. The third kappa shape index (κ3) is 3.32. The molecular weight excluding hydrogens is 352 g/mol. The first-order valence-electron chi connectivity index (χ1n) is 7.57. The van der Waals surface area contributed by atoms with Crippen molar-refractivity contribution in [2.45, 2.75) is 6.92 Å². The van der Waals surface area contributed by atoms with Crippen molar-refractivity contribution in [2.24, 2.45) is 4.40 Å². The summed E-state index contributed by atoms with van der Waals surface area (Å²) in [5, 5.41) is 0. The highest BCUT2D eigenvalue weighted by Crippen LogP contribution is 2.24. The lowest BCUT2D eigenvalue weighted by atomic mass is 10.1. The number of anilines is 1. The summed E-state index contributed by atoms with van der Waals surface area (Å²) in [5.41, 5.74) is 0.255. The SMILES string of the molecule is CCN(C(=O)C1=CC=CN2CCS(=O)(=O)N=C12)c1ccc(F)c(F)c1. The maximum atomic E-state index is 13.5. The molecule has 0 unspecified atom stereocenters. The van der Waals surface area contributed by atoms with Crippen LogP contribution >= 0.6 is 0 Å². The molecule has 0 N–H and O–H groups in total. The molecule has 0 radical (unpaired) electrons. The molecule has 132 valence electrons. The van der Waals surface area contributed by atoms with Crippen LogP contribution in [0.25, 0.3) is 0 Å². The van der Waals surface area contributed by atoms with Gasteiger partial charge in [-0.2, -0.15) is 0 Å². The lowest BCUT2D eigenvalue weighted by Gasteiger charge is -2.31. The molecule has 6 nitrogen and oxygen atoms in total. The number of sulfonamides is 1. The molecule has 2 aliphatic rings. The Morgan fingerprint density at radius 3 is 2.76 bits per heavy atom. The van der Waals surface area contributed by atoms with E-state index in [-0.39, 0.29) is 35.9 Å². The van der Waals surface area contributed by atoms with Crippen molar-refractivity contribution in [1.82, 2.24) is 4.90 Å². The molecule has 9 heteroatoms. The molecule has 2 heterocycles. The first-order chi connectivity index (χ1) is 11.8. The zero-order valence-corrected chi connectivity index (χ0v) is 14.1. The number of rotatable bonds is 3. The van der Waals surface area contributed by atoms with Crippen molar-refractivity contribution in [2.75, 3.05) is 23.7 Å². The molecule has 0 fully saturated rings. The highest BCUT2D eigenvalue weighted by Gasteiger charge is 2.32. The second-order valence-electron chi connectivity index (χ2n) is 5.46. The summed E-state index contributed by atoms with van der Waals surface area (Å²) in [7, 11) is -3.64. The van der Waals surface area contributed by atoms with Crippen molar-refractivity contribution in [3.05, 3.63) is 53.8 Å². The van der Waals surface area contributed by atoms with Crippen LogP contribution in [0.2, 0.25) is 0 Å². The topological polar surface area (TPSA) is 70.1 Å². The van der Waals surface area contributed by atoms with Crippen molar-refractivity contribution < 1.29 is 22.0 Å². The number of carbonyl (C=O) groups is 1. The normalized spacial score (nSPS) is 18.3. The van der Waals surface area contributed by atoms with E-state index in [4.69, 9.17) is 0 Å². The Morgan fingerprint density at radius 1 is 1.32 bits per heavy atom. The van der Waals surface area contributed by atoms with Crippen molar-refractivity contribution in [3.63, 3.8) is 0 Å². The van der Waals surface area contributed by atoms with Crippen LogP contribution in [-0.2, 0) is 14.8 Å². The molecular formula is C16H15F2N3O3S. The molecule has 1 amide bonds. The Morgan fingerprint density at radius 2 is 2.08 bits per heavy atom. The van der Waals surface area contributed by atoms with Crippen molar-refractivity contribution in [3.8, 4) is 0 Å². The largest absolute Gasteiger partial charge is 0.331 e. The summed E-state index contributed by atoms with van der Waals surface area (Å²) in [4.78, 5) is 15.7. The van der Waals surface area contributed by atoms with Gasteiger partial charge < -0.3 is 9.80 Å². The number of allylic oxidation sites excluding steroid dienone is 2. The standard InChI is InChI=1S/C16H15F2N3O3S/c1-2-21(11-5-6-13(17)14(18)10-11)16(22)12-4-3-7-20-8-9-25(23,24)19-15(12)20/h3-7,10H,2,8-9H2,1H3. The third-order valence-electron chi connectivity index (χ3n) is 3.86. The number of likely N-dealkylation sites (N-methyl/N-ethyl adjacent to an activating group) is 1. The number of amidine groups is 1. The predicted octanol–water partition coefficient (Wildman–Crippen LogP) is 1.82. The molecule has 2 aliphatic heterocycles. The van der Waals surface area contributed by atoms with Gasteiger partial charge in [-0.3, -0.25) is 4.79 Å². The van der Waals surface area contributed by atoms with E-state index in [1.54, 1.807) is 24.1 Å². The van der Waals surface area contributed by atoms with Crippen LogP contribution in [-0.4, -0.2) is 43.9 Å². The Kier molecular flexibility index (Phi) is 4.42. The fourth-order valence-electron chi connectivity index (χ4n) is 2.62. The average Bonchev–Trinajstić information content (AvgIpc) is 2.57. The van der Waals surface area contributed by atoms with Crippen LogP contribution in [0.15, 0.2) is 46.5 Å². The lowest BCUT2D eigenvalue weighted by Crippen LogP contribution is -2.43. The van der Waals surface area contributed by atoms with Gasteiger partial charge in [-0.1, -0.05) is 0 Å². The Bertz CT molecular complexity index is 923. The van der Waals surface area contributed by atoms with Crippen LogP contribution in [0.3, 0.4) is 0 Å². The monoisotopic (exact) mass is 367 g/mol. The van der Waals surface area contributed by atoms with E-state index in [0.717, 1.165) is 12.1 Å². The van der Waals surface area contributed by atoms with Gasteiger partial charge in [0.2, 0.25) is 0 Å². The summed E-state index contributed by atoms with van der Waals surface area (Å²) in [6, 6.07) is 3.15. The molecule has 0 saturated carbocycles. The van der Waals surface area contributed by atoms with E-state index < -0.39 is 27.6 Å². The average molecular weight is 367 g/mol. The Balaban J connectivity index is 2.00. The van der Waals surface area contributed by atoms with Gasteiger partial charge in [0.05, 0.1) is 11.3 Å². The van der Waals surface area contributed by atoms with E-state index in [1.165, 1.54) is 17.0 Å². The molecule has 25 heavy (non-hydrogen) atoms. The van der Waals surface area contributed by atoms with E-state index >= 15 is 0 Å². The Labute approximate surface area is 143 Å². The zero-order chi connectivity index (χ0) is 18.2. The number of nitrogens with zero attached hydrogens (tertiary/aromatic N) is 3.